The number of aromatic amines is 2. The molecule has 2 aromatic heterocycles. The Morgan fingerprint density at radius 3 is 2.11 bits per heavy atom. The highest BCUT2D eigenvalue weighted by atomic mass is 19.1. The minimum absolute atomic E-state index is 0.0248. The number of phenolic OH excluding ortho intramolecular Hbond substituents is 1. The standard InChI is InChI=1S/C66H80F2N14O14/c1-36(83)75-50-9-5-3-2-4-8-22-96-45-29-56(59(70)88)82(34-45)66(95)55(23-37-11-18-44(84)19-12-37)81-64(93)53(28-43-32-71-35-74-43)79-65(94)54(30-58(86)87)80-63(92)52(24-39-14-13-38-15-16-41(67)26-46(38)39)78-62(91)51(25-40-31-72-48-20-17-42(68)27-47(40)48)76-57(85)33-73-60(89)49(77-61(50)90)10-6-7-21-69/h4,8,11-12,14-20,26-27,31-32,35,45,49-56,72,84H,2-3,5-7,9-10,13,21-25,28-30,33-34,69H2,1H3,(H2,70,88)(H,71,74)(H,73,89)(H,75,83)(H,76,85)(H,77,90)(H,78,91)(H,79,94)(H,80,92)(H,81,93)(H,86,87)/b8-4+/t45-,49-,50-,51-,52-,53-,54-,55-,56-/m0/s1. The number of nitrogens with zero attached hydrogens (tertiary/aromatic N) is 2. The third kappa shape index (κ3) is 20.3. The van der Waals surface area contributed by atoms with E-state index in [2.05, 4.69) is 57.5 Å². The van der Waals surface area contributed by atoms with Crippen LogP contribution in [0.2, 0.25) is 0 Å². The van der Waals surface area contributed by atoms with Gasteiger partial charge in [0.2, 0.25) is 59.1 Å². The van der Waals surface area contributed by atoms with Gasteiger partial charge in [-0.15, -0.1) is 0 Å². The summed E-state index contributed by atoms with van der Waals surface area (Å²) in [6.45, 7) is 0.585. The predicted octanol–water partition coefficient (Wildman–Crippen LogP) is 0.668. The fourth-order valence-corrected chi connectivity index (χ4v) is 11.8. The molecule has 3 aliphatic rings. The smallest absolute Gasteiger partial charge is 0.305 e. The summed E-state index contributed by atoms with van der Waals surface area (Å²) in [5.74, 6) is -12.1. The first-order valence-electron chi connectivity index (χ1n) is 31.6. The summed E-state index contributed by atoms with van der Waals surface area (Å²) in [7, 11) is 0. The highest BCUT2D eigenvalue weighted by molar-refractivity contribution is 6.00. The SMILES string of the molecule is CC(=O)N[C@H]1CCCC/C=C/CO[C@H]2C[C@@H](C(N)=O)N(C2)C(=O)[C@H](Cc2ccc(O)cc2)NC(=O)[C@H](Cc2cnc[nH]2)NC(=O)[C@H](CC(=O)O)NC(=O)[C@H](CC2=CCc3ccc(F)cc32)NC(=O)[C@H](Cc2c[nH]c3ccc(F)cc23)NC(=O)CNC(=O)[C@H](CCCCN)NC1=O. The number of nitrogens with two attached hydrogens (primary N) is 2. The molecule has 28 nitrogen and oxygen atoms in total. The maximum absolute atomic E-state index is 15.0. The molecule has 30 heteroatoms. The number of ether oxygens (including phenoxy) is 1. The number of carboxylic acid groups (broad SMARTS) is 1. The number of aliphatic carboxylic acids is 1. The van der Waals surface area contributed by atoms with Crippen molar-refractivity contribution in [3.05, 3.63) is 137 Å². The lowest BCUT2D eigenvalue weighted by Crippen LogP contribution is -2.60. The van der Waals surface area contributed by atoms with Crippen molar-refractivity contribution in [2.75, 3.05) is 26.2 Å². The number of hydrogen-bond donors (Lipinski definition) is 14. The number of imidazole rings is 1. The van der Waals surface area contributed by atoms with E-state index < -0.39 is 151 Å². The van der Waals surface area contributed by atoms with Gasteiger partial charge in [0.15, 0.2) is 0 Å². The molecule has 1 fully saturated rings. The molecule has 0 radical (unpaired) electrons. The van der Waals surface area contributed by atoms with Gasteiger partial charge >= 0.3 is 5.97 Å². The van der Waals surface area contributed by atoms with E-state index in [1.54, 1.807) is 12.2 Å². The van der Waals surface area contributed by atoms with Crippen molar-refractivity contribution in [3.63, 3.8) is 0 Å². The van der Waals surface area contributed by atoms with Crippen molar-refractivity contribution >= 4 is 81.5 Å². The van der Waals surface area contributed by atoms with Crippen molar-refractivity contribution in [3.8, 4) is 5.75 Å². The second-order valence-corrected chi connectivity index (χ2v) is 23.9. The normalized spacial score (nSPS) is 23.8. The summed E-state index contributed by atoms with van der Waals surface area (Å²) in [5.41, 5.74) is 14.5. The second kappa shape index (κ2) is 34.2. The Morgan fingerprint density at radius 1 is 0.740 bits per heavy atom. The van der Waals surface area contributed by atoms with Gasteiger partial charge in [-0.1, -0.05) is 42.8 Å². The molecular weight excluding hydrogens is 1250 g/mol. The van der Waals surface area contributed by atoms with Crippen molar-refractivity contribution < 1.29 is 76.5 Å². The Morgan fingerprint density at radius 2 is 1.42 bits per heavy atom. The number of carbonyl (C=O) groups is 11. The number of fused-ring (bicyclic) bond motifs is 4. The molecule has 1 saturated heterocycles. The first-order chi connectivity index (χ1) is 46.0. The van der Waals surface area contributed by atoms with Gasteiger partial charge in [0, 0.05) is 74.6 Å². The number of aromatic nitrogens is 3. The van der Waals surface area contributed by atoms with Crippen molar-refractivity contribution in [1.29, 1.82) is 0 Å². The van der Waals surface area contributed by atoms with Crippen LogP contribution in [0, 0.1) is 11.6 Å². The van der Waals surface area contributed by atoms with E-state index in [4.69, 9.17) is 16.2 Å². The molecule has 3 aromatic carbocycles. The van der Waals surface area contributed by atoms with E-state index in [0.29, 0.717) is 70.8 Å². The molecule has 5 aromatic rings. The first kappa shape index (κ1) is 71.5. The number of aromatic hydroxyl groups is 1. The Bertz CT molecular complexity index is 3710. The Balaban J connectivity index is 1.15. The van der Waals surface area contributed by atoms with Crippen molar-refractivity contribution in [1.82, 2.24) is 62.4 Å². The molecule has 0 unspecified atom stereocenters. The van der Waals surface area contributed by atoms with Crippen LogP contribution < -0.4 is 54.0 Å². The molecule has 9 atom stereocenters. The summed E-state index contributed by atoms with van der Waals surface area (Å²) in [5, 5.41) is 41.4. The second-order valence-electron chi connectivity index (χ2n) is 23.9. The van der Waals surface area contributed by atoms with Gasteiger partial charge in [-0.25, -0.2) is 13.8 Å². The van der Waals surface area contributed by atoms with E-state index in [1.807, 2.05) is 6.08 Å². The van der Waals surface area contributed by atoms with Crippen molar-refractivity contribution in [2.45, 2.75) is 151 Å². The molecule has 2 aliphatic heterocycles. The number of phenols is 1. The number of unbranched alkanes of at least 4 members (excludes halogenated alkanes) is 1. The predicted molar refractivity (Wildman–Crippen MR) is 343 cm³/mol. The fraction of sp³-hybridized carbons (Fsp3) is 0.424. The average Bonchev–Trinajstić information content (AvgIpc) is 1.82. The number of carboxylic acids is 1. The number of carbonyl (C=O) groups excluding carboxylic acids is 10. The third-order valence-electron chi connectivity index (χ3n) is 16.7. The molecule has 1 aliphatic carbocycles. The van der Waals surface area contributed by atoms with E-state index >= 15 is 9.59 Å². The van der Waals surface area contributed by atoms with Crippen LogP contribution in [-0.4, -0.2) is 176 Å². The fourth-order valence-electron chi connectivity index (χ4n) is 11.8. The number of hydrogen-bond acceptors (Lipinski definition) is 15. The molecule has 96 heavy (non-hydrogen) atoms. The van der Waals surface area contributed by atoms with Gasteiger partial charge in [-0.05, 0) is 122 Å². The third-order valence-corrected chi connectivity index (χ3v) is 16.7. The minimum Gasteiger partial charge on any atom is -0.508 e. The van der Waals surface area contributed by atoms with Crippen LogP contribution in [-0.2, 0) is 83.2 Å². The number of halogens is 2. The zero-order chi connectivity index (χ0) is 69.0. The number of H-pyrrole nitrogens is 2. The number of rotatable bonds is 16. The lowest BCUT2D eigenvalue weighted by Gasteiger charge is -2.30. The van der Waals surface area contributed by atoms with Crippen molar-refractivity contribution in [2.24, 2.45) is 11.5 Å². The quantitative estimate of drug-likeness (QED) is 0.0477. The van der Waals surface area contributed by atoms with Crippen LogP contribution >= 0.6 is 0 Å². The maximum Gasteiger partial charge on any atom is 0.305 e. The summed E-state index contributed by atoms with van der Waals surface area (Å²) in [6, 6.07) is 1.35. The molecule has 2 bridgehead atoms. The van der Waals surface area contributed by atoms with Crippen LogP contribution in [0.3, 0.4) is 0 Å². The Hall–Kier alpha value is -10.4. The van der Waals surface area contributed by atoms with Crippen LogP contribution in [0.15, 0.2) is 97.6 Å². The van der Waals surface area contributed by atoms with E-state index in [-0.39, 0.29) is 76.1 Å². The minimum atomic E-state index is -2.03. The summed E-state index contributed by atoms with van der Waals surface area (Å²) in [6.07, 6.45) is 8.78. The maximum atomic E-state index is 15.0. The van der Waals surface area contributed by atoms with E-state index in [9.17, 15) is 62.1 Å². The molecule has 0 spiro atoms. The van der Waals surface area contributed by atoms with Gasteiger partial charge in [-0.2, -0.15) is 0 Å². The first-order valence-corrected chi connectivity index (χ1v) is 31.6. The van der Waals surface area contributed by atoms with Crippen LogP contribution in [0.5, 0.6) is 5.75 Å². The van der Waals surface area contributed by atoms with Crippen LogP contribution in [0.25, 0.3) is 16.5 Å². The molecule has 10 amide bonds. The average molecular weight is 1330 g/mol. The summed E-state index contributed by atoms with van der Waals surface area (Å²) < 4.78 is 35.9. The lowest BCUT2D eigenvalue weighted by molar-refractivity contribution is -0.142. The number of allylic oxidation sites excluding steroid dienone is 2. The van der Waals surface area contributed by atoms with Crippen LogP contribution in [0.4, 0.5) is 8.78 Å². The summed E-state index contributed by atoms with van der Waals surface area (Å²) in [4.78, 5) is 166. The van der Waals surface area contributed by atoms with Gasteiger partial charge in [-0.3, -0.25) is 52.7 Å². The topological polar surface area (TPSA) is 433 Å². The van der Waals surface area contributed by atoms with E-state index in [1.165, 1.54) is 91.2 Å². The number of benzene rings is 3. The number of primary amides is 1. The van der Waals surface area contributed by atoms with Crippen LogP contribution in [0.1, 0.15) is 99.1 Å². The molecule has 8 rings (SSSR count). The van der Waals surface area contributed by atoms with Gasteiger partial charge in [0.25, 0.3) is 0 Å². The molecule has 512 valence electrons. The zero-order valence-electron chi connectivity index (χ0n) is 52.8. The molecule has 0 saturated carbocycles. The summed E-state index contributed by atoms with van der Waals surface area (Å²) >= 11 is 0. The highest BCUT2D eigenvalue weighted by Gasteiger charge is 2.43. The monoisotopic (exact) mass is 1330 g/mol. The molecule has 16 N–H and O–H groups in total. The Kier molecular flexibility index (Phi) is 25.4. The largest absolute Gasteiger partial charge is 0.508 e. The number of nitrogens with one attached hydrogen (secondary N) is 10. The van der Waals surface area contributed by atoms with E-state index in [0.717, 1.165) is 0 Å². The van der Waals surface area contributed by atoms with Gasteiger partial charge in [0.05, 0.1) is 32.0 Å². The molecule has 4 heterocycles. The lowest BCUT2D eigenvalue weighted by atomic mass is 9.97. The molecular formula is C66H80F2N14O14. The van der Waals surface area contributed by atoms with Gasteiger partial charge in [0.1, 0.15) is 65.7 Å². The highest BCUT2D eigenvalue weighted by Crippen LogP contribution is 2.32. The zero-order valence-corrected chi connectivity index (χ0v) is 52.8. The Labute approximate surface area is 550 Å². The van der Waals surface area contributed by atoms with Gasteiger partial charge < -0.3 is 83.8 Å². The number of amides is 10.